The fourth-order valence-corrected chi connectivity index (χ4v) is 3.41. The summed E-state index contributed by atoms with van der Waals surface area (Å²) in [4.78, 5) is 0. The number of ether oxygens (including phenoxy) is 2. The number of hydrogen-bond acceptors (Lipinski definition) is 5. The van der Waals surface area contributed by atoms with E-state index in [9.17, 15) is 0 Å². The number of hydrogen-bond donors (Lipinski definition) is 3. The Kier molecular flexibility index (Phi) is 5.98. The molecule has 3 aromatic rings. The molecule has 3 rings (SSSR count). The molecular formula is C19H20Cl2N4O2. The summed E-state index contributed by atoms with van der Waals surface area (Å²) in [6.45, 7) is 0. The summed E-state index contributed by atoms with van der Waals surface area (Å²) in [6, 6.07) is 11.1. The number of para-hydroxylation sites is 2. The molecule has 0 aliphatic heterocycles. The molecule has 0 saturated carbocycles. The summed E-state index contributed by atoms with van der Waals surface area (Å²) < 4.78 is 10.6. The lowest BCUT2D eigenvalue weighted by Gasteiger charge is -2.14. The molecule has 4 N–H and O–H groups in total. The number of H-pyrrole nitrogens is 1. The number of aromatic nitrogens is 2. The minimum absolute atomic E-state index is 0.484. The van der Waals surface area contributed by atoms with Gasteiger partial charge in [-0.2, -0.15) is 5.10 Å². The number of benzene rings is 2. The predicted octanol–water partition coefficient (Wildman–Crippen LogP) is 4.84. The molecule has 0 saturated heterocycles. The Bertz CT molecular complexity index is 915. The minimum Gasteiger partial charge on any atom is -0.495 e. The van der Waals surface area contributed by atoms with Gasteiger partial charge in [0.15, 0.2) is 5.82 Å². The number of nitrogens with two attached hydrogens (primary N) is 1. The highest BCUT2D eigenvalue weighted by Crippen LogP contribution is 2.40. The van der Waals surface area contributed by atoms with E-state index < -0.39 is 0 Å². The van der Waals surface area contributed by atoms with Crippen LogP contribution in [0.2, 0.25) is 10.0 Å². The maximum Gasteiger partial charge on any atom is 0.152 e. The number of nitrogens with one attached hydrogen (secondary N) is 2. The quantitative estimate of drug-likeness (QED) is 0.488. The van der Waals surface area contributed by atoms with Gasteiger partial charge in [-0.3, -0.25) is 5.10 Å². The lowest BCUT2D eigenvalue weighted by molar-refractivity contribution is 0.393. The second kappa shape index (κ2) is 8.41. The van der Waals surface area contributed by atoms with Crippen molar-refractivity contribution in [2.24, 2.45) is 0 Å². The van der Waals surface area contributed by atoms with Crippen molar-refractivity contribution in [3.63, 3.8) is 0 Å². The lowest BCUT2D eigenvalue weighted by Crippen LogP contribution is -1.98. The van der Waals surface area contributed by atoms with Gasteiger partial charge in [-0.1, -0.05) is 35.3 Å². The van der Waals surface area contributed by atoms with Crippen LogP contribution in [-0.4, -0.2) is 24.4 Å². The van der Waals surface area contributed by atoms with Crippen LogP contribution in [0, 0.1) is 0 Å². The molecular weight excluding hydrogens is 387 g/mol. The molecule has 0 spiro atoms. The largest absolute Gasteiger partial charge is 0.495 e. The maximum atomic E-state index is 6.42. The van der Waals surface area contributed by atoms with E-state index in [-0.39, 0.29) is 0 Å². The summed E-state index contributed by atoms with van der Waals surface area (Å²) >= 11 is 12.8. The highest BCUT2D eigenvalue weighted by atomic mass is 35.5. The topological polar surface area (TPSA) is 85.2 Å². The molecule has 27 heavy (non-hydrogen) atoms. The molecule has 142 valence electrons. The van der Waals surface area contributed by atoms with Crippen molar-refractivity contribution >= 4 is 40.4 Å². The molecule has 0 aliphatic carbocycles. The van der Waals surface area contributed by atoms with Crippen LogP contribution in [0.3, 0.4) is 0 Å². The molecule has 0 bridgehead atoms. The summed E-state index contributed by atoms with van der Waals surface area (Å²) in [5.74, 6) is 1.74. The van der Waals surface area contributed by atoms with Gasteiger partial charge < -0.3 is 20.5 Å². The van der Waals surface area contributed by atoms with Crippen molar-refractivity contribution < 1.29 is 9.47 Å². The fraction of sp³-hybridized carbons (Fsp3) is 0.211. The Hall–Kier alpha value is -2.57. The third-order valence-corrected chi connectivity index (χ3v) is 4.99. The van der Waals surface area contributed by atoms with Crippen LogP contribution in [-0.2, 0) is 12.8 Å². The van der Waals surface area contributed by atoms with E-state index in [1.165, 1.54) is 0 Å². The second-order valence-corrected chi connectivity index (χ2v) is 6.63. The first-order chi connectivity index (χ1) is 13.0. The van der Waals surface area contributed by atoms with Gasteiger partial charge in [0.2, 0.25) is 0 Å². The molecule has 0 fully saturated rings. The first kappa shape index (κ1) is 19.2. The molecule has 8 heteroatoms. The minimum atomic E-state index is 0.484. The van der Waals surface area contributed by atoms with Crippen LogP contribution in [0.15, 0.2) is 36.4 Å². The average molecular weight is 407 g/mol. The van der Waals surface area contributed by atoms with Crippen LogP contribution in [0.5, 0.6) is 11.5 Å². The third-order valence-electron chi connectivity index (χ3n) is 4.16. The first-order valence-corrected chi connectivity index (χ1v) is 9.03. The van der Waals surface area contributed by atoms with Crippen LogP contribution >= 0.6 is 23.2 Å². The summed E-state index contributed by atoms with van der Waals surface area (Å²) in [7, 11) is 3.11. The highest BCUT2D eigenvalue weighted by Gasteiger charge is 2.17. The zero-order valence-electron chi connectivity index (χ0n) is 15.0. The normalized spacial score (nSPS) is 10.7. The zero-order chi connectivity index (χ0) is 19.4. The van der Waals surface area contributed by atoms with Gasteiger partial charge in [0.25, 0.3) is 0 Å². The SMILES string of the molecule is COc1cc(OC)c(Cl)c(CCc2cc(Nc3ccccc3N)n[nH]2)c1Cl. The summed E-state index contributed by atoms with van der Waals surface area (Å²) in [5.41, 5.74) is 9.11. The number of nitrogens with zero attached hydrogens (tertiary/aromatic N) is 1. The molecule has 0 unspecified atom stereocenters. The van der Waals surface area contributed by atoms with E-state index in [0.717, 1.165) is 16.9 Å². The van der Waals surface area contributed by atoms with Gasteiger partial charge in [0.05, 0.1) is 35.6 Å². The van der Waals surface area contributed by atoms with E-state index >= 15 is 0 Å². The van der Waals surface area contributed by atoms with Crippen LogP contribution < -0.4 is 20.5 Å². The van der Waals surface area contributed by atoms with E-state index in [4.69, 9.17) is 38.4 Å². The second-order valence-electron chi connectivity index (χ2n) is 5.88. The number of nitrogen functional groups attached to an aromatic ring is 1. The van der Waals surface area contributed by atoms with Crippen LogP contribution in [0.1, 0.15) is 11.3 Å². The van der Waals surface area contributed by atoms with E-state index in [1.807, 2.05) is 30.3 Å². The van der Waals surface area contributed by atoms with Crippen LogP contribution in [0.4, 0.5) is 17.2 Å². The highest BCUT2D eigenvalue weighted by molar-refractivity contribution is 6.37. The number of halogens is 2. The van der Waals surface area contributed by atoms with Gasteiger partial charge in [-0.25, -0.2) is 0 Å². The van der Waals surface area contributed by atoms with Crippen molar-refractivity contribution in [3.8, 4) is 11.5 Å². The number of rotatable bonds is 7. The van der Waals surface area contributed by atoms with Gasteiger partial charge in [-0.05, 0) is 30.5 Å². The lowest BCUT2D eigenvalue weighted by atomic mass is 10.1. The van der Waals surface area contributed by atoms with Gasteiger partial charge >= 0.3 is 0 Å². The molecule has 0 atom stereocenters. The first-order valence-electron chi connectivity index (χ1n) is 8.28. The van der Waals surface area contributed by atoms with E-state index in [0.29, 0.717) is 45.9 Å². The van der Waals surface area contributed by atoms with Crippen molar-refractivity contribution in [1.82, 2.24) is 10.2 Å². The number of methoxy groups -OCH3 is 2. The molecule has 2 aromatic carbocycles. The maximum absolute atomic E-state index is 6.42. The zero-order valence-corrected chi connectivity index (χ0v) is 16.5. The Balaban J connectivity index is 1.75. The fourth-order valence-electron chi connectivity index (χ4n) is 2.72. The standard InChI is InChI=1S/C19H20Cl2N4O2/c1-26-15-10-16(27-2)19(21)12(18(15)20)8-7-11-9-17(25-24-11)23-14-6-4-3-5-13(14)22/h3-6,9-10H,7-8,22H2,1-2H3,(H2,23,24,25). The Morgan fingerprint density at radius 1 is 1.04 bits per heavy atom. The molecule has 1 heterocycles. The summed E-state index contributed by atoms with van der Waals surface area (Å²) in [5, 5.41) is 11.4. The molecule has 1 aromatic heterocycles. The summed E-state index contributed by atoms with van der Waals surface area (Å²) in [6.07, 6.45) is 1.26. The third kappa shape index (κ3) is 4.23. The van der Waals surface area contributed by atoms with Crippen molar-refractivity contribution in [2.45, 2.75) is 12.8 Å². The van der Waals surface area contributed by atoms with Crippen LogP contribution in [0.25, 0.3) is 0 Å². The number of anilines is 3. The average Bonchev–Trinajstić information content (AvgIpc) is 3.11. The number of aromatic amines is 1. The molecule has 0 aliphatic rings. The van der Waals surface area contributed by atoms with Crippen molar-refractivity contribution in [3.05, 3.63) is 57.7 Å². The molecule has 0 radical (unpaired) electrons. The van der Waals surface area contributed by atoms with Crippen molar-refractivity contribution in [1.29, 1.82) is 0 Å². The monoisotopic (exact) mass is 406 g/mol. The molecule has 0 amide bonds. The Morgan fingerprint density at radius 2 is 1.70 bits per heavy atom. The van der Waals surface area contributed by atoms with E-state index in [1.54, 1.807) is 20.3 Å². The predicted molar refractivity (Wildman–Crippen MR) is 110 cm³/mol. The molecule has 6 nitrogen and oxygen atoms in total. The Morgan fingerprint density at radius 3 is 2.33 bits per heavy atom. The van der Waals surface area contributed by atoms with Crippen molar-refractivity contribution in [2.75, 3.05) is 25.3 Å². The number of aryl methyl sites for hydroxylation is 1. The van der Waals surface area contributed by atoms with Gasteiger partial charge in [0.1, 0.15) is 11.5 Å². The van der Waals surface area contributed by atoms with Gasteiger partial charge in [0, 0.05) is 17.8 Å². The smallest absolute Gasteiger partial charge is 0.152 e. The van der Waals surface area contributed by atoms with E-state index in [2.05, 4.69) is 15.5 Å². The Labute approximate surface area is 167 Å². The van der Waals surface area contributed by atoms with Gasteiger partial charge in [-0.15, -0.1) is 0 Å².